The lowest BCUT2D eigenvalue weighted by Crippen LogP contribution is -2.22. The molecule has 1 amide bonds. The number of amides is 1. The summed E-state index contributed by atoms with van der Waals surface area (Å²) in [7, 11) is 3.30. The monoisotopic (exact) mass is 456 g/mol. The molecule has 0 aliphatic heterocycles. The van der Waals surface area contributed by atoms with Gasteiger partial charge in [-0.05, 0) is 72.4 Å². The van der Waals surface area contributed by atoms with Gasteiger partial charge in [0.1, 0.15) is 11.5 Å². The van der Waals surface area contributed by atoms with E-state index < -0.39 is 0 Å². The van der Waals surface area contributed by atoms with E-state index in [-0.39, 0.29) is 5.91 Å². The number of aryl methyl sites for hydroxylation is 1. The first kappa shape index (κ1) is 24.8. The number of hydrogen-bond acceptors (Lipinski definition) is 4. The van der Waals surface area contributed by atoms with Gasteiger partial charge >= 0.3 is 0 Å². The zero-order valence-electron chi connectivity index (χ0n) is 19.9. The van der Waals surface area contributed by atoms with Crippen LogP contribution in [0, 0.1) is 0 Å². The number of benzene rings is 2. The predicted molar refractivity (Wildman–Crippen MR) is 137 cm³/mol. The number of rotatable bonds is 12. The van der Waals surface area contributed by atoms with Gasteiger partial charge in [-0.2, -0.15) is 0 Å². The zero-order valence-corrected chi connectivity index (χ0v) is 19.9. The minimum absolute atomic E-state index is 0.0928. The topological polar surface area (TPSA) is 60.5 Å². The van der Waals surface area contributed by atoms with Crippen molar-refractivity contribution < 1.29 is 14.3 Å². The third-order valence-electron chi connectivity index (χ3n) is 5.45. The molecule has 0 aliphatic carbocycles. The Morgan fingerprint density at radius 2 is 1.50 bits per heavy atom. The first-order valence-electron chi connectivity index (χ1n) is 11.5. The average molecular weight is 457 g/mol. The van der Waals surface area contributed by atoms with Gasteiger partial charge in [-0.3, -0.25) is 9.78 Å². The van der Waals surface area contributed by atoms with Crippen molar-refractivity contribution in [2.75, 3.05) is 20.8 Å². The predicted octanol–water partition coefficient (Wildman–Crippen LogP) is 5.62. The lowest BCUT2D eigenvalue weighted by Gasteiger charge is -2.10. The highest BCUT2D eigenvalue weighted by atomic mass is 16.5. The van der Waals surface area contributed by atoms with Crippen LogP contribution >= 0.6 is 0 Å². The second-order valence-corrected chi connectivity index (χ2v) is 7.82. The second kappa shape index (κ2) is 13.6. The van der Waals surface area contributed by atoms with Gasteiger partial charge in [0.25, 0.3) is 0 Å². The largest absolute Gasteiger partial charge is 0.497 e. The Labute approximate surface area is 202 Å². The molecule has 34 heavy (non-hydrogen) atoms. The molecule has 0 aliphatic rings. The summed E-state index contributed by atoms with van der Waals surface area (Å²) >= 11 is 0. The summed E-state index contributed by atoms with van der Waals surface area (Å²) in [5.41, 5.74) is 4.18. The number of carbonyl (C=O) groups is 1. The molecule has 2 aromatic carbocycles. The molecule has 1 aromatic heterocycles. The van der Waals surface area contributed by atoms with E-state index in [9.17, 15) is 4.79 Å². The van der Waals surface area contributed by atoms with Gasteiger partial charge in [0.15, 0.2) is 0 Å². The Balaban J connectivity index is 1.55. The molecule has 0 bridgehead atoms. The summed E-state index contributed by atoms with van der Waals surface area (Å²) in [6.07, 6.45) is 11.2. The molecular weight excluding hydrogens is 424 g/mol. The van der Waals surface area contributed by atoms with Gasteiger partial charge in [-0.25, -0.2) is 0 Å². The van der Waals surface area contributed by atoms with E-state index in [0.29, 0.717) is 6.54 Å². The Morgan fingerprint density at radius 1 is 0.853 bits per heavy atom. The number of nitrogens with one attached hydrogen (secondary N) is 1. The maximum absolute atomic E-state index is 12.2. The van der Waals surface area contributed by atoms with E-state index in [2.05, 4.69) is 10.3 Å². The molecule has 5 nitrogen and oxygen atoms in total. The van der Waals surface area contributed by atoms with Crippen LogP contribution in [0.1, 0.15) is 36.1 Å². The van der Waals surface area contributed by atoms with Gasteiger partial charge < -0.3 is 14.8 Å². The van der Waals surface area contributed by atoms with Gasteiger partial charge in [0.05, 0.1) is 14.2 Å². The highest BCUT2D eigenvalue weighted by molar-refractivity contribution is 5.89. The lowest BCUT2D eigenvalue weighted by atomic mass is 9.97. The summed E-state index contributed by atoms with van der Waals surface area (Å²) in [6, 6.07) is 21.7. The molecule has 1 heterocycles. The van der Waals surface area contributed by atoms with Crippen molar-refractivity contribution in [3.05, 3.63) is 108 Å². The van der Waals surface area contributed by atoms with E-state index in [0.717, 1.165) is 59.6 Å². The minimum atomic E-state index is -0.0928. The molecule has 0 unspecified atom stereocenters. The number of methoxy groups -OCH3 is 2. The Kier molecular flexibility index (Phi) is 9.93. The van der Waals surface area contributed by atoms with E-state index in [1.165, 1.54) is 0 Å². The maximum Gasteiger partial charge on any atom is 0.243 e. The fourth-order valence-electron chi connectivity index (χ4n) is 3.56. The number of pyridine rings is 1. The summed E-state index contributed by atoms with van der Waals surface area (Å²) in [5.74, 6) is 1.50. The molecule has 3 aromatic rings. The number of carbonyl (C=O) groups excluding carboxylic acids is 1. The highest BCUT2D eigenvalue weighted by Crippen LogP contribution is 2.27. The van der Waals surface area contributed by atoms with Gasteiger partial charge in [0, 0.05) is 24.5 Å². The highest BCUT2D eigenvalue weighted by Gasteiger charge is 2.06. The van der Waals surface area contributed by atoms with Crippen LogP contribution in [0.4, 0.5) is 0 Å². The minimum Gasteiger partial charge on any atom is -0.497 e. The normalized spacial score (nSPS) is 10.6. The first-order valence-corrected chi connectivity index (χ1v) is 11.5. The molecule has 0 radical (unpaired) electrons. The lowest BCUT2D eigenvalue weighted by molar-refractivity contribution is -0.116. The quantitative estimate of drug-likeness (QED) is 0.218. The molecule has 1 N–H and O–H groups in total. The Bertz CT molecular complexity index is 1020. The molecule has 0 saturated carbocycles. The number of ether oxygens (including phenoxy) is 2. The van der Waals surface area contributed by atoms with Crippen molar-refractivity contribution in [3.8, 4) is 11.5 Å². The van der Waals surface area contributed by atoms with Crippen molar-refractivity contribution in [3.63, 3.8) is 0 Å². The first-order chi connectivity index (χ1) is 16.7. The molecule has 5 heteroatoms. The summed E-state index contributed by atoms with van der Waals surface area (Å²) in [6.45, 7) is 0.666. The van der Waals surface area contributed by atoms with Crippen LogP contribution in [0.5, 0.6) is 11.5 Å². The third-order valence-corrected chi connectivity index (χ3v) is 5.45. The molecule has 0 fully saturated rings. The average Bonchev–Trinajstić information content (AvgIpc) is 2.89. The summed E-state index contributed by atoms with van der Waals surface area (Å²) < 4.78 is 10.6. The van der Waals surface area contributed by atoms with Crippen molar-refractivity contribution in [1.82, 2.24) is 10.3 Å². The summed E-state index contributed by atoms with van der Waals surface area (Å²) in [4.78, 5) is 16.6. The number of hydrogen-bond donors (Lipinski definition) is 1. The SMILES string of the molecule is COc1ccc(C(=CC=CC(=O)NCCCCCc2ccccn2)c2ccc(OC)cc2)cc1. The number of allylic oxidation sites excluding steroid dienone is 2. The van der Waals surface area contributed by atoms with Crippen LogP contribution in [-0.4, -0.2) is 31.7 Å². The Morgan fingerprint density at radius 3 is 2.06 bits per heavy atom. The zero-order chi connectivity index (χ0) is 24.0. The molecule has 0 spiro atoms. The van der Waals surface area contributed by atoms with E-state index in [1.54, 1.807) is 26.4 Å². The number of aromatic nitrogens is 1. The Hall–Kier alpha value is -3.86. The molecular formula is C29H32N2O3. The molecule has 3 rings (SSSR count). The standard InChI is InChI=1S/C29H32N2O3/c1-33-26-17-13-23(14-18-26)28(24-15-19-27(34-2)20-16-24)11-8-12-29(32)31-22-6-3-4-9-25-10-5-7-21-30-25/h5,7-8,10-21H,3-4,6,9,22H2,1-2H3,(H,31,32). The smallest absolute Gasteiger partial charge is 0.243 e. The van der Waals surface area contributed by atoms with Crippen molar-refractivity contribution in [2.24, 2.45) is 0 Å². The molecule has 176 valence electrons. The fraction of sp³-hybridized carbons (Fsp3) is 0.241. The third kappa shape index (κ3) is 7.93. The van der Waals surface area contributed by atoms with Crippen LogP contribution in [0.25, 0.3) is 5.57 Å². The van der Waals surface area contributed by atoms with Crippen molar-refractivity contribution in [2.45, 2.75) is 25.7 Å². The molecule has 0 saturated heterocycles. The van der Waals surface area contributed by atoms with Gasteiger partial charge in [-0.1, -0.05) is 48.9 Å². The number of unbranched alkanes of at least 4 members (excludes halogenated alkanes) is 2. The number of nitrogens with zero attached hydrogens (tertiary/aromatic N) is 1. The van der Waals surface area contributed by atoms with Crippen LogP contribution in [0.15, 0.2) is 91.2 Å². The van der Waals surface area contributed by atoms with Crippen LogP contribution in [0.3, 0.4) is 0 Å². The fourth-order valence-corrected chi connectivity index (χ4v) is 3.56. The van der Waals surface area contributed by atoms with E-state index >= 15 is 0 Å². The van der Waals surface area contributed by atoms with Crippen LogP contribution in [0.2, 0.25) is 0 Å². The van der Waals surface area contributed by atoms with Crippen LogP contribution in [-0.2, 0) is 11.2 Å². The van der Waals surface area contributed by atoms with Gasteiger partial charge in [0.2, 0.25) is 5.91 Å². The van der Waals surface area contributed by atoms with E-state index in [4.69, 9.17) is 9.47 Å². The second-order valence-electron chi connectivity index (χ2n) is 7.82. The molecule has 0 atom stereocenters. The van der Waals surface area contributed by atoms with E-state index in [1.807, 2.05) is 79.0 Å². The van der Waals surface area contributed by atoms with Crippen molar-refractivity contribution >= 4 is 11.5 Å². The summed E-state index contributed by atoms with van der Waals surface area (Å²) in [5, 5.41) is 2.96. The van der Waals surface area contributed by atoms with Crippen LogP contribution < -0.4 is 14.8 Å². The van der Waals surface area contributed by atoms with Gasteiger partial charge in [-0.15, -0.1) is 0 Å². The maximum atomic E-state index is 12.2. The van der Waals surface area contributed by atoms with Crippen molar-refractivity contribution in [1.29, 1.82) is 0 Å².